The maximum absolute atomic E-state index is 12.1. The molecule has 10 heteroatoms. The van der Waals surface area contributed by atoms with Crippen molar-refractivity contribution in [2.75, 3.05) is 18.2 Å². The third-order valence-electron chi connectivity index (χ3n) is 3.35. The lowest BCUT2D eigenvalue weighted by atomic mass is 10.3. The van der Waals surface area contributed by atoms with E-state index in [-0.39, 0.29) is 27.4 Å². The van der Waals surface area contributed by atoms with E-state index in [0.29, 0.717) is 15.6 Å². The molecule has 0 radical (unpaired) electrons. The van der Waals surface area contributed by atoms with Crippen molar-refractivity contribution in [3.05, 3.63) is 50.7 Å². The van der Waals surface area contributed by atoms with Gasteiger partial charge in [-0.15, -0.1) is 23.1 Å². The molecule has 0 fully saturated rings. The Bertz CT molecular complexity index is 1140. The van der Waals surface area contributed by atoms with E-state index in [0.717, 1.165) is 23.1 Å². The highest BCUT2D eigenvalue weighted by molar-refractivity contribution is 8.02. The van der Waals surface area contributed by atoms with E-state index in [9.17, 15) is 19.6 Å². The first-order valence-electron chi connectivity index (χ1n) is 7.27. The van der Waals surface area contributed by atoms with Crippen molar-refractivity contribution in [3.63, 3.8) is 0 Å². The third-order valence-corrected chi connectivity index (χ3v) is 5.81. The largest absolute Gasteiger partial charge is 0.497 e. The van der Waals surface area contributed by atoms with Gasteiger partial charge in [0.1, 0.15) is 22.1 Å². The van der Waals surface area contributed by atoms with Crippen LogP contribution in [0.4, 0.5) is 5.69 Å². The number of aromatic amines is 2. The lowest BCUT2D eigenvalue weighted by molar-refractivity contribution is -0.113. The predicted molar refractivity (Wildman–Crippen MR) is 100 cm³/mol. The number of aromatic nitrogens is 2. The van der Waals surface area contributed by atoms with Gasteiger partial charge in [0, 0.05) is 11.8 Å². The summed E-state index contributed by atoms with van der Waals surface area (Å²) in [6, 6.07) is 8.92. The Hall–Kier alpha value is -3.03. The molecule has 0 atom stereocenters. The molecule has 8 nitrogen and oxygen atoms in total. The van der Waals surface area contributed by atoms with Crippen LogP contribution in [0.15, 0.2) is 38.1 Å². The molecule has 0 aliphatic heterocycles. The Labute approximate surface area is 154 Å². The quantitative estimate of drug-likeness (QED) is 0.573. The molecule has 3 aromatic rings. The fourth-order valence-electron chi connectivity index (χ4n) is 2.23. The number of methoxy groups -OCH3 is 1. The van der Waals surface area contributed by atoms with Gasteiger partial charge in [0.15, 0.2) is 0 Å². The lowest BCUT2D eigenvalue weighted by Gasteiger charge is -2.06. The van der Waals surface area contributed by atoms with Gasteiger partial charge in [0.2, 0.25) is 5.91 Å². The summed E-state index contributed by atoms with van der Waals surface area (Å²) >= 11 is 2.19. The van der Waals surface area contributed by atoms with Crippen molar-refractivity contribution in [2.24, 2.45) is 0 Å². The van der Waals surface area contributed by atoms with E-state index in [1.807, 2.05) is 6.07 Å². The van der Waals surface area contributed by atoms with Crippen molar-refractivity contribution in [2.45, 2.75) is 4.21 Å². The molecule has 0 saturated carbocycles. The number of hydrogen-bond donors (Lipinski definition) is 3. The molecular weight excluding hydrogens is 376 g/mol. The van der Waals surface area contributed by atoms with Gasteiger partial charge in [-0.1, -0.05) is 6.07 Å². The van der Waals surface area contributed by atoms with Crippen LogP contribution in [0.25, 0.3) is 10.2 Å². The number of benzene rings is 1. The Morgan fingerprint density at radius 1 is 1.38 bits per heavy atom. The molecule has 132 valence electrons. The van der Waals surface area contributed by atoms with Gasteiger partial charge < -0.3 is 15.0 Å². The van der Waals surface area contributed by atoms with Crippen LogP contribution in [-0.4, -0.2) is 28.7 Å². The zero-order chi connectivity index (χ0) is 18.7. The minimum absolute atomic E-state index is 0.0425. The zero-order valence-corrected chi connectivity index (χ0v) is 15.0. The van der Waals surface area contributed by atoms with Crippen molar-refractivity contribution in [3.8, 4) is 11.8 Å². The molecule has 1 amide bonds. The van der Waals surface area contributed by atoms with Crippen LogP contribution in [0, 0.1) is 11.3 Å². The van der Waals surface area contributed by atoms with Crippen LogP contribution in [0.3, 0.4) is 0 Å². The normalized spacial score (nSPS) is 10.5. The minimum Gasteiger partial charge on any atom is -0.497 e. The van der Waals surface area contributed by atoms with E-state index in [1.54, 1.807) is 24.3 Å². The maximum atomic E-state index is 12.1. The smallest absolute Gasteiger partial charge is 0.326 e. The highest BCUT2D eigenvalue weighted by Gasteiger charge is 2.17. The Balaban J connectivity index is 1.78. The number of ether oxygens (including phenoxy) is 1. The molecule has 0 saturated heterocycles. The molecular formula is C16H12N4O4S2. The van der Waals surface area contributed by atoms with E-state index < -0.39 is 11.2 Å². The van der Waals surface area contributed by atoms with Gasteiger partial charge in [-0.05, 0) is 12.1 Å². The second kappa shape index (κ2) is 7.47. The SMILES string of the molecule is COc1cccc(NC(=O)CSc2sc3c(=O)[nH]c(=O)[nH]c3c2C#N)c1. The Morgan fingerprint density at radius 3 is 2.92 bits per heavy atom. The number of anilines is 1. The summed E-state index contributed by atoms with van der Waals surface area (Å²) in [6.45, 7) is 0. The van der Waals surface area contributed by atoms with Gasteiger partial charge in [0.25, 0.3) is 5.56 Å². The number of nitrogens with one attached hydrogen (secondary N) is 3. The summed E-state index contributed by atoms with van der Waals surface area (Å²) in [6.07, 6.45) is 0. The topological polar surface area (TPSA) is 128 Å². The number of rotatable bonds is 5. The fraction of sp³-hybridized carbons (Fsp3) is 0.125. The highest BCUT2D eigenvalue weighted by Crippen LogP contribution is 2.34. The summed E-state index contributed by atoms with van der Waals surface area (Å²) in [5.74, 6) is 0.391. The summed E-state index contributed by atoms with van der Waals surface area (Å²) in [5, 5.41) is 12.1. The number of fused-ring (bicyclic) bond motifs is 1. The van der Waals surface area contributed by atoms with Gasteiger partial charge in [-0.25, -0.2) is 4.79 Å². The molecule has 0 aliphatic rings. The van der Waals surface area contributed by atoms with Gasteiger partial charge in [-0.2, -0.15) is 5.26 Å². The molecule has 1 aromatic carbocycles. The monoisotopic (exact) mass is 388 g/mol. The highest BCUT2D eigenvalue weighted by atomic mass is 32.2. The fourth-order valence-corrected chi connectivity index (χ4v) is 4.35. The molecule has 2 heterocycles. The first-order chi connectivity index (χ1) is 12.5. The molecule has 3 N–H and O–H groups in total. The number of amides is 1. The number of carbonyl (C=O) groups is 1. The summed E-state index contributed by atoms with van der Waals surface area (Å²) in [5.41, 5.74) is -0.260. The minimum atomic E-state index is -0.677. The molecule has 0 bridgehead atoms. The second-order valence-electron chi connectivity index (χ2n) is 5.06. The number of carbonyl (C=O) groups excluding carboxylic acids is 1. The van der Waals surface area contributed by atoms with Crippen LogP contribution < -0.4 is 21.3 Å². The van der Waals surface area contributed by atoms with Crippen LogP contribution in [0.2, 0.25) is 0 Å². The van der Waals surface area contributed by atoms with Crippen molar-refractivity contribution < 1.29 is 9.53 Å². The summed E-state index contributed by atoms with van der Waals surface area (Å²) in [7, 11) is 1.54. The van der Waals surface area contributed by atoms with Crippen LogP contribution in [-0.2, 0) is 4.79 Å². The number of hydrogen-bond acceptors (Lipinski definition) is 7. The van der Waals surface area contributed by atoms with Crippen molar-refractivity contribution >= 4 is 44.9 Å². The van der Waals surface area contributed by atoms with E-state index in [1.165, 1.54) is 7.11 Å². The van der Waals surface area contributed by atoms with Gasteiger partial charge >= 0.3 is 5.69 Å². The molecule has 0 aliphatic carbocycles. The number of thioether (sulfide) groups is 1. The molecule has 3 rings (SSSR count). The van der Waals surface area contributed by atoms with Crippen LogP contribution in [0.1, 0.15) is 5.56 Å². The first kappa shape index (κ1) is 17.8. The third kappa shape index (κ3) is 3.63. The predicted octanol–water partition coefficient (Wildman–Crippen LogP) is 1.89. The van der Waals surface area contributed by atoms with E-state index >= 15 is 0 Å². The second-order valence-corrected chi connectivity index (χ2v) is 7.32. The average molecular weight is 388 g/mol. The lowest BCUT2D eigenvalue weighted by Crippen LogP contribution is -2.20. The summed E-state index contributed by atoms with van der Waals surface area (Å²) < 4.78 is 5.84. The standard InChI is InChI=1S/C16H12N4O4S2/c1-24-9-4-2-3-8(5-9)18-11(21)7-25-15-10(6-17)12-13(26-15)14(22)20-16(23)19-12/h2-5H,7H2,1H3,(H,18,21)(H2,19,20,22,23). The molecule has 2 aromatic heterocycles. The number of nitriles is 1. The maximum Gasteiger partial charge on any atom is 0.326 e. The average Bonchev–Trinajstić information content (AvgIpc) is 2.98. The van der Waals surface area contributed by atoms with Crippen LogP contribution >= 0.6 is 23.1 Å². The van der Waals surface area contributed by atoms with Gasteiger partial charge in [0.05, 0.1) is 22.6 Å². The van der Waals surface area contributed by atoms with Crippen molar-refractivity contribution in [1.82, 2.24) is 9.97 Å². The first-order valence-corrected chi connectivity index (χ1v) is 9.08. The molecule has 0 spiro atoms. The Morgan fingerprint density at radius 2 is 2.19 bits per heavy atom. The Kier molecular flexibility index (Phi) is 5.11. The number of thiophene rings is 1. The zero-order valence-electron chi connectivity index (χ0n) is 13.4. The molecule has 26 heavy (non-hydrogen) atoms. The molecule has 0 unspecified atom stereocenters. The van der Waals surface area contributed by atoms with Gasteiger partial charge in [-0.3, -0.25) is 14.6 Å². The number of nitrogens with zero attached hydrogens (tertiary/aromatic N) is 1. The van der Waals surface area contributed by atoms with E-state index in [4.69, 9.17) is 4.74 Å². The van der Waals surface area contributed by atoms with Crippen molar-refractivity contribution in [1.29, 1.82) is 5.26 Å². The summed E-state index contributed by atoms with van der Waals surface area (Å²) in [4.78, 5) is 40.0. The number of H-pyrrole nitrogens is 2. The van der Waals surface area contributed by atoms with E-state index in [2.05, 4.69) is 15.3 Å². The van der Waals surface area contributed by atoms with Crippen LogP contribution in [0.5, 0.6) is 5.75 Å².